The normalized spacial score (nSPS) is 17.1. The van der Waals surface area contributed by atoms with Crippen LogP contribution in [0.1, 0.15) is 25.3 Å². The van der Waals surface area contributed by atoms with Gasteiger partial charge in [0, 0.05) is 20.1 Å². The van der Waals surface area contributed by atoms with Crippen LogP contribution in [0.5, 0.6) is 11.5 Å². The molecule has 0 aromatic heterocycles. The summed E-state index contributed by atoms with van der Waals surface area (Å²) >= 11 is 0. The molecule has 2 rings (SSSR count). The molecule has 0 bridgehead atoms. The lowest BCUT2D eigenvalue weighted by molar-refractivity contribution is 0.0472. The number of hydrogen-bond donors (Lipinski definition) is 2. The summed E-state index contributed by atoms with van der Waals surface area (Å²) in [6.45, 7) is 5.33. The average Bonchev–Trinajstić information content (AvgIpc) is 2.71. The summed E-state index contributed by atoms with van der Waals surface area (Å²) in [6, 6.07) is 5.67. The van der Waals surface area contributed by atoms with Crippen LogP contribution in [-0.4, -0.2) is 45.1 Å². The van der Waals surface area contributed by atoms with E-state index in [9.17, 15) is 5.11 Å². The molecule has 1 heterocycles. The average molecular weight is 295 g/mol. The van der Waals surface area contributed by atoms with E-state index in [1.165, 1.54) is 0 Å². The minimum atomic E-state index is -0.898. The third-order valence-corrected chi connectivity index (χ3v) is 3.64. The smallest absolute Gasteiger partial charge is 0.161 e. The summed E-state index contributed by atoms with van der Waals surface area (Å²) in [7, 11) is 1.68. The number of fused-ring (bicyclic) bond motifs is 1. The van der Waals surface area contributed by atoms with Gasteiger partial charge < -0.3 is 24.6 Å². The zero-order valence-corrected chi connectivity index (χ0v) is 12.9. The summed E-state index contributed by atoms with van der Waals surface area (Å²) in [6.07, 6.45) is 1.50. The van der Waals surface area contributed by atoms with Crippen molar-refractivity contribution < 1.29 is 19.3 Å². The molecule has 2 N–H and O–H groups in total. The minimum Gasteiger partial charge on any atom is -0.490 e. The van der Waals surface area contributed by atoms with Gasteiger partial charge in [-0.15, -0.1) is 0 Å². The number of hydrogen-bond acceptors (Lipinski definition) is 5. The van der Waals surface area contributed by atoms with E-state index < -0.39 is 5.60 Å². The van der Waals surface area contributed by atoms with Gasteiger partial charge in [0.25, 0.3) is 0 Å². The van der Waals surface area contributed by atoms with Crippen LogP contribution < -0.4 is 14.8 Å². The Kier molecular flexibility index (Phi) is 5.85. The van der Waals surface area contributed by atoms with Gasteiger partial charge in [-0.25, -0.2) is 0 Å². The Morgan fingerprint density at radius 1 is 1.24 bits per heavy atom. The van der Waals surface area contributed by atoms with Crippen molar-refractivity contribution in [1.29, 1.82) is 0 Å². The van der Waals surface area contributed by atoms with Crippen molar-refractivity contribution in [1.82, 2.24) is 5.32 Å². The van der Waals surface area contributed by atoms with Crippen molar-refractivity contribution in [3.8, 4) is 11.5 Å². The van der Waals surface area contributed by atoms with E-state index in [1.54, 1.807) is 7.11 Å². The first-order chi connectivity index (χ1) is 10.1. The molecular formula is C16H25NO4. The van der Waals surface area contributed by atoms with E-state index in [-0.39, 0.29) is 0 Å². The van der Waals surface area contributed by atoms with Crippen LogP contribution in [0.4, 0.5) is 0 Å². The standard InChI is InChI=1S/C16H25NO4/c1-16(18,6-7-17-8-11-19-2)13-4-5-14-15(12-13)21-10-3-9-20-14/h4-5,12,17-18H,3,6-11H2,1-2H3. The van der Waals surface area contributed by atoms with E-state index in [4.69, 9.17) is 14.2 Å². The van der Waals surface area contributed by atoms with Crippen molar-refractivity contribution >= 4 is 0 Å². The highest BCUT2D eigenvalue weighted by Gasteiger charge is 2.24. The Hall–Kier alpha value is -1.30. The van der Waals surface area contributed by atoms with Crippen LogP contribution in [0.2, 0.25) is 0 Å². The number of nitrogens with one attached hydrogen (secondary N) is 1. The Bertz CT molecular complexity index is 448. The van der Waals surface area contributed by atoms with E-state index in [1.807, 2.05) is 25.1 Å². The van der Waals surface area contributed by atoms with Gasteiger partial charge in [0.1, 0.15) is 0 Å². The first kappa shape index (κ1) is 16.1. The predicted molar refractivity (Wildman–Crippen MR) is 81.0 cm³/mol. The largest absolute Gasteiger partial charge is 0.490 e. The fraction of sp³-hybridized carbons (Fsp3) is 0.625. The molecular weight excluding hydrogens is 270 g/mol. The SMILES string of the molecule is COCCNCCC(C)(O)c1ccc2c(c1)OCCCO2. The fourth-order valence-electron chi connectivity index (χ4n) is 2.27. The summed E-state index contributed by atoms with van der Waals surface area (Å²) in [5, 5.41) is 13.9. The molecule has 0 saturated heterocycles. The van der Waals surface area contributed by atoms with Gasteiger partial charge in [0.15, 0.2) is 11.5 Å². The van der Waals surface area contributed by atoms with Gasteiger partial charge in [-0.1, -0.05) is 6.07 Å². The Balaban J connectivity index is 1.97. The maximum Gasteiger partial charge on any atom is 0.161 e. The molecule has 1 aliphatic heterocycles. The van der Waals surface area contributed by atoms with Crippen molar-refractivity contribution in [2.75, 3.05) is 40.0 Å². The zero-order valence-electron chi connectivity index (χ0n) is 12.9. The minimum absolute atomic E-state index is 0.621. The van der Waals surface area contributed by atoms with Crippen LogP contribution in [-0.2, 0) is 10.3 Å². The van der Waals surface area contributed by atoms with E-state index in [0.717, 1.165) is 36.6 Å². The highest BCUT2D eigenvalue weighted by Crippen LogP contribution is 2.35. The van der Waals surface area contributed by atoms with Crippen molar-refractivity contribution in [3.05, 3.63) is 23.8 Å². The highest BCUT2D eigenvalue weighted by molar-refractivity contribution is 5.44. The Labute approximate surface area is 126 Å². The lowest BCUT2D eigenvalue weighted by Crippen LogP contribution is -2.29. The zero-order chi connectivity index (χ0) is 15.1. The molecule has 118 valence electrons. The lowest BCUT2D eigenvalue weighted by Gasteiger charge is -2.25. The molecule has 0 aliphatic carbocycles. The van der Waals surface area contributed by atoms with Crippen LogP contribution in [0, 0.1) is 0 Å². The summed E-state index contributed by atoms with van der Waals surface area (Å²) in [4.78, 5) is 0. The molecule has 5 heteroatoms. The van der Waals surface area contributed by atoms with Gasteiger partial charge >= 0.3 is 0 Å². The second-order valence-electron chi connectivity index (χ2n) is 5.48. The topological polar surface area (TPSA) is 60.0 Å². The molecule has 1 aromatic carbocycles. The van der Waals surface area contributed by atoms with Crippen molar-refractivity contribution in [2.45, 2.75) is 25.4 Å². The van der Waals surface area contributed by atoms with Gasteiger partial charge in [-0.2, -0.15) is 0 Å². The molecule has 0 radical (unpaired) electrons. The third kappa shape index (κ3) is 4.59. The second-order valence-corrected chi connectivity index (χ2v) is 5.48. The van der Waals surface area contributed by atoms with Crippen molar-refractivity contribution in [2.24, 2.45) is 0 Å². The van der Waals surface area contributed by atoms with Crippen LogP contribution in [0.3, 0.4) is 0 Å². The number of aliphatic hydroxyl groups is 1. The summed E-state index contributed by atoms with van der Waals surface area (Å²) < 4.78 is 16.3. The Morgan fingerprint density at radius 2 is 2.00 bits per heavy atom. The van der Waals surface area contributed by atoms with Gasteiger partial charge in [-0.3, -0.25) is 0 Å². The van der Waals surface area contributed by atoms with Gasteiger partial charge in [0.05, 0.1) is 25.4 Å². The van der Waals surface area contributed by atoms with E-state index in [2.05, 4.69) is 5.32 Å². The third-order valence-electron chi connectivity index (χ3n) is 3.64. The monoisotopic (exact) mass is 295 g/mol. The first-order valence-corrected chi connectivity index (χ1v) is 7.45. The van der Waals surface area contributed by atoms with Gasteiger partial charge in [-0.05, 0) is 37.6 Å². The van der Waals surface area contributed by atoms with Gasteiger partial charge in [0.2, 0.25) is 0 Å². The van der Waals surface area contributed by atoms with Crippen LogP contribution >= 0.6 is 0 Å². The second kappa shape index (κ2) is 7.64. The van der Waals surface area contributed by atoms with Crippen LogP contribution in [0.25, 0.3) is 0 Å². The maximum absolute atomic E-state index is 10.6. The highest BCUT2D eigenvalue weighted by atomic mass is 16.5. The number of rotatable bonds is 7. The first-order valence-electron chi connectivity index (χ1n) is 7.45. The molecule has 1 aromatic rings. The van der Waals surface area contributed by atoms with Crippen molar-refractivity contribution in [3.63, 3.8) is 0 Å². The molecule has 1 unspecified atom stereocenters. The van der Waals surface area contributed by atoms with E-state index in [0.29, 0.717) is 26.2 Å². The number of ether oxygens (including phenoxy) is 3. The summed E-state index contributed by atoms with van der Waals surface area (Å²) in [5.41, 5.74) is -0.0506. The lowest BCUT2D eigenvalue weighted by atomic mass is 9.92. The molecule has 21 heavy (non-hydrogen) atoms. The summed E-state index contributed by atoms with van der Waals surface area (Å²) in [5.74, 6) is 1.47. The molecule has 0 fully saturated rings. The molecule has 0 amide bonds. The van der Waals surface area contributed by atoms with E-state index >= 15 is 0 Å². The quantitative estimate of drug-likeness (QED) is 0.750. The molecule has 0 spiro atoms. The number of methoxy groups -OCH3 is 1. The molecule has 5 nitrogen and oxygen atoms in total. The fourth-order valence-corrected chi connectivity index (χ4v) is 2.27. The molecule has 1 aliphatic rings. The Morgan fingerprint density at radius 3 is 2.76 bits per heavy atom. The molecule has 1 atom stereocenters. The predicted octanol–water partition coefficient (Wildman–Crippen LogP) is 1.68. The number of benzene rings is 1. The molecule has 0 saturated carbocycles. The van der Waals surface area contributed by atoms with Crippen LogP contribution in [0.15, 0.2) is 18.2 Å². The maximum atomic E-state index is 10.6.